The van der Waals surface area contributed by atoms with Crippen molar-refractivity contribution >= 4 is 0 Å². The number of hydrogen-bond acceptors (Lipinski definition) is 0. The van der Waals surface area contributed by atoms with E-state index >= 15 is 0 Å². The molecule has 0 amide bonds. The average molecular weight is 447 g/mol. The third kappa shape index (κ3) is 2.35. The van der Waals surface area contributed by atoms with E-state index in [2.05, 4.69) is 45.8 Å². The molecule has 0 N–H and O–H groups in total. The molecule has 0 spiro atoms. The first-order valence-electron chi connectivity index (χ1n) is 8.91. The van der Waals surface area contributed by atoms with Crippen molar-refractivity contribution in [1.82, 2.24) is 0 Å². The van der Waals surface area contributed by atoms with Gasteiger partial charge in [0, 0.05) is 0 Å². The van der Waals surface area contributed by atoms with Crippen LogP contribution >= 0.6 is 0 Å². The van der Waals surface area contributed by atoms with Gasteiger partial charge in [-0.15, -0.1) is 0 Å². The molecule has 4 aliphatic carbocycles. The van der Waals surface area contributed by atoms with Gasteiger partial charge in [0.05, 0.1) is 0 Å². The number of hydrogen-bond donors (Lipinski definition) is 0. The quantitative estimate of drug-likeness (QED) is 0.430. The Bertz CT molecular complexity index is 498. The van der Waals surface area contributed by atoms with Crippen LogP contribution in [-0.2, 0) is 20.0 Å². The summed E-state index contributed by atoms with van der Waals surface area (Å²) in [6.07, 6.45) is 23.1. The summed E-state index contributed by atoms with van der Waals surface area (Å²) in [4.78, 5) is 0. The van der Waals surface area contributed by atoms with Crippen LogP contribution in [0, 0.1) is 11.8 Å². The molecule has 0 aromatic carbocycles. The van der Waals surface area contributed by atoms with Crippen molar-refractivity contribution < 1.29 is 20.0 Å². The van der Waals surface area contributed by atoms with Gasteiger partial charge in [-0.2, -0.15) is 0 Å². The minimum absolute atomic E-state index is 0.914. The van der Waals surface area contributed by atoms with Gasteiger partial charge in [0.25, 0.3) is 0 Å². The van der Waals surface area contributed by atoms with Crippen LogP contribution in [0.3, 0.4) is 0 Å². The average Bonchev–Trinajstić information content (AvgIpc) is 3.12. The van der Waals surface area contributed by atoms with E-state index in [0.29, 0.717) is 0 Å². The first-order valence-corrected chi connectivity index (χ1v) is 20.2. The van der Waals surface area contributed by atoms with Gasteiger partial charge < -0.3 is 0 Å². The summed E-state index contributed by atoms with van der Waals surface area (Å²) in [6.45, 7) is 0. The van der Waals surface area contributed by atoms with E-state index in [-0.39, 0.29) is 0 Å². The second-order valence-electron chi connectivity index (χ2n) is 8.14. The summed E-state index contributed by atoms with van der Waals surface area (Å²) in [7, 11) is 0. The molecule has 0 aromatic heterocycles. The normalized spacial score (nSPS) is 38.0. The van der Waals surface area contributed by atoms with Crippen LogP contribution in [0.1, 0.15) is 38.5 Å². The fourth-order valence-electron chi connectivity index (χ4n) is 5.67. The van der Waals surface area contributed by atoms with Crippen LogP contribution in [0.15, 0.2) is 47.6 Å². The monoisotopic (exact) mass is 448 g/mol. The van der Waals surface area contributed by atoms with Crippen molar-refractivity contribution in [2.75, 3.05) is 0 Å². The molecule has 1 heteroatoms. The van der Waals surface area contributed by atoms with Crippen LogP contribution in [0.2, 0.25) is 16.7 Å². The van der Waals surface area contributed by atoms with Gasteiger partial charge in [-0.1, -0.05) is 0 Å². The molecule has 4 unspecified atom stereocenters. The Hall–Kier alpha value is -0.170. The zero-order chi connectivity index (χ0) is 14.4. The van der Waals surface area contributed by atoms with E-state index in [9.17, 15) is 0 Å². The van der Waals surface area contributed by atoms with Crippen LogP contribution in [0.25, 0.3) is 0 Å². The van der Waals surface area contributed by atoms with Gasteiger partial charge in [-0.05, 0) is 0 Å². The molecule has 4 aliphatic rings. The van der Waals surface area contributed by atoms with Gasteiger partial charge in [0.15, 0.2) is 0 Å². The molecule has 0 nitrogen and oxygen atoms in total. The maximum atomic E-state index is 2.78. The van der Waals surface area contributed by atoms with Crippen molar-refractivity contribution in [3.63, 3.8) is 0 Å². The van der Waals surface area contributed by atoms with Crippen molar-refractivity contribution in [3.05, 3.63) is 47.6 Å². The Morgan fingerprint density at radius 1 is 0.762 bits per heavy atom. The van der Waals surface area contributed by atoms with E-state index in [1.165, 1.54) is 38.5 Å². The van der Waals surface area contributed by atoms with Gasteiger partial charge in [0.1, 0.15) is 0 Å². The minimum atomic E-state index is -2.27. The standard InChI is InChI=1S/2C9H11.2CH3.Hf/c2*1-2-5-9-7-3-6-8(9)4-1;;;/h2*1-2,4,6,9H,3,5,7H2;2*1H3;. The summed E-state index contributed by atoms with van der Waals surface area (Å²) in [5, 5.41) is 0. The molecular formula is C20H28Hf. The molecular weight excluding hydrogens is 419 g/mol. The van der Waals surface area contributed by atoms with Crippen molar-refractivity contribution in [2.45, 2.75) is 55.2 Å². The molecule has 0 radical (unpaired) electrons. The van der Waals surface area contributed by atoms with E-state index in [1.54, 1.807) is 0 Å². The predicted octanol–water partition coefficient (Wildman–Crippen LogP) is 6.41. The summed E-state index contributed by atoms with van der Waals surface area (Å²) >= 11 is -2.27. The molecule has 0 aliphatic heterocycles. The van der Waals surface area contributed by atoms with Crippen molar-refractivity contribution in [2.24, 2.45) is 11.8 Å². The topological polar surface area (TPSA) is 0 Å². The molecule has 0 saturated heterocycles. The van der Waals surface area contributed by atoms with Gasteiger partial charge in [-0.25, -0.2) is 0 Å². The van der Waals surface area contributed by atoms with E-state index < -0.39 is 20.0 Å². The third-order valence-corrected chi connectivity index (χ3v) is 24.2. The molecule has 21 heavy (non-hydrogen) atoms. The van der Waals surface area contributed by atoms with Crippen molar-refractivity contribution in [1.29, 1.82) is 0 Å². The van der Waals surface area contributed by atoms with Gasteiger partial charge >= 0.3 is 135 Å². The van der Waals surface area contributed by atoms with Crippen LogP contribution in [-0.4, -0.2) is 0 Å². The van der Waals surface area contributed by atoms with Crippen LogP contribution in [0.4, 0.5) is 0 Å². The number of fused-ring (bicyclic) bond motifs is 2. The van der Waals surface area contributed by atoms with E-state index in [0.717, 1.165) is 19.2 Å². The second kappa shape index (κ2) is 5.48. The van der Waals surface area contributed by atoms with Crippen LogP contribution in [0.5, 0.6) is 0 Å². The summed E-state index contributed by atoms with van der Waals surface area (Å²) in [6, 6.07) is 0. The Morgan fingerprint density at radius 2 is 1.24 bits per heavy atom. The maximum absolute atomic E-state index is 2.78. The Kier molecular flexibility index (Phi) is 3.76. The van der Waals surface area contributed by atoms with Crippen molar-refractivity contribution in [3.8, 4) is 0 Å². The molecule has 2 saturated carbocycles. The van der Waals surface area contributed by atoms with E-state index in [4.69, 9.17) is 0 Å². The molecule has 2 fully saturated rings. The Morgan fingerprint density at radius 3 is 1.71 bits per heavy atom. The fraction of sp³-hybridized carbons (Fsp3) is 0.600. The predicted molar refractivity (Wildman–Crippen MR) is 88.4 cm³/mol. The number of rotatable bonds is 2. The SMILES string of the molecule is [CH3][Hf]([CH3])([CH]1CCC2CC=CC=C21)[CH]1CCC2CC=CC=C21. The summed E-state index contributed by atoms with van der Waals surface area (Å²) in [5.74, 6) is 1.83. The number of allylic oxidation sites excluding steroid dienone is 8. The van der Waals surface area contributed by atoms with Gasteiger partial charge in [0.2, 0.25) is 0 Å². The molecule has 4 rings (SSSR count). The Balaban J connectivity index is 1.64. The summed E-state index contributed by atoms with van der Waals surface area (Å²) < 4.78 is 7.63. The third-order valence-electron chi connectivity index (χ3n) is 6.84. The molecule has 0 heterocycles. The zero-order valence-corrected chi connectivity index (χ0v) is 17.1. The van der Waals surface area contributed by atoms with Crippen LogP contribution < -0.4 is 0 Å². The molecule has 0 bridgehead atoms. The Labute approximate surface area is 134 Å². The zero-order valence-electron chi connectivity index (χ0n) is 13.5. The molecule has 112 valence electrons. The van der Waals surface area contributed by atoms with E-state index in [1.807, 2.05) is 11.1 Å². The molecule has 4 atom stereocenters. The second-order valence-corrected chi connectivity index (χ2v) is 26.2. The van der Waals surface area contributed by atoms with Gasteiger partial charge in [-0.3, -0.25) is 0 Å². The summed E-state index contributed by atoms with van der Waals surface area (Å²) in [5.41, 5.74) is 3.75. The first-order chi connectivity index (χ1) is 10.2. The first kappa shape index (κ1) is 14.4. The fourth-order valence-corrected chi connectivity index (χ4v) is 22.5. The molecule has 0 aromatic rings.